The van der Waals surface area contributed by atoms with E-state index in [1.807, 2.05) is 18.2 Å². The third-order valence-electron chi connectivity index (χ3n) is 4.71. The van der Waals surface area contributed by atoms with Crippen molar-refractivity contribution in [2.24, 2.45) is 5.92 Å². The Morgan fingerprint density at radius 2 is 1.79 bits per heavy atom. The van der Waals surface area contributed by atoms with Gasteiger partial charge < -0.3 is 10.2 Å². The number of aryl methyl sites for hydroxylation is 1. The van der Waals surface area contributed by atoms with E-state index in [1.165, 1.54) is 5.56 Å². The lowest BCUT2D eigenvalue weighted by atomic mass is 10.0. The molecule has 0 saturated heterocycles. The Bertz CT molecular complexity index is 703. The molecule has 24 heavy (non-hydrogen) atoms. The summed E-state index contributed by atoms with van der Waals surface area (Å²) in [5.74, 6) is 1.19. The highest BCUT2D eigenvalue weighted by Gasteiger charge is 2.15. The molecule has 0 aliphatic rings. The first-order valence-corrected chi connectivity index (χ1v) is 9.01. The predicted octanol–water partition coefficient (Wildman–Crippen LogP) is 4.76. The van der Waals surface area contributed by atoms with Gasteiger partial charge in [0.05, 0.1) is 5.52 Å². The van der Waals surface area contributed by atoms with Crippen LogP contribution in [-0.2, 0) is 4.79 Å². The van der Waals surface area contributed by atoms with Crippen molar-refractivity contribution in [2.75, 3.05) is 23.3 Å². The molecule has 130 valence electrons. The van der Waals surface area contributed by atoms with E-state index >= 15 is 0 Å². The van der Waals surface area contributed by atoms with Gasteiger partial charge >= 0.3 is 0 Å². The van der Waals surface area contributed by atoms with E-state index in [2.05, 4.69) is 50.9 Å². The van der Waals surface area contributed by atoms with Crippen molar-refractivity contribution in [3.63, 3.8) is 0 Å². The summed E-state index contributed by atoms with van der Waals surface area (Å²) in [5, 5.41) is 4.14. The summed E-state index contributed by atoms with van der Waals surface area (Å²) in [4.78, 5) is 19.3. The van der Waals surface area contributed by atoms with Gasteiger partial charge in [0.15, 0.2) is 0 Å². The molecule has 0 bridgehead atoms. The number of pyridine rings is 1. The zero-order chi connectivity index (χ0) is 17.7. The van der Waals surface area contributed by atoms with Crippen LogP contribution in [0.2, 0.25) is 0 Å². The third-order valence-corrected chi connectivity index (χ3v) is 4.71. The van der Waals surface area contributed by atoms with Crippen molar-refractivity contribution in [3.8, 4) is 0 Å². The lowest BCUT2D eigenvalue weighted by Crippen LogP contribution is -2.23. The predicted molar refractivity (Wildman–Crippen MR) is 103 cm³/mol. The molecule has 0 unspecified atom stereocenters. The summed E-state index contributed by atoms with van der Waals surface area (Å²) in [6, 6.07) is 8.10. The third kappa shape index (κ3) is 3.86. The second-order valence-electron chi connectivity index (χ2n) is 6.20. The molecule has 0 saturated carbocycles. The number of fused-ring (bicyclic) bond motifs is 1. The molecule has 0 radical (unpaired) electrons. The number of carbonyl (C=O) groups is 1. The summed E-state index contributed by atoms with van der Waals surface area (Å²) in [6.07, 6.45) is 1.73. The lowest BCUT2D eigenvalue weighted by Gasteiger charge is -2.21. The number of benzene rings is 1. The molecule has 0 aliphatic carbocycles. The molecule has 1 N–H and O–H groups in total. The maximum absolute atomic E-state index is 12.3. The molecule has 1 heterocycles. The van der Waals surface area contributed by atoms with Crippen molar-refractivity contribution in [1.82, 2.24) is 4.98 Å². The number of anilines is 2. The van der Waals surface area contributed by atoms with Gasteiger partial charge in [0.1, 0.15) is 5.82 Å². The van der Waals surface area contributed by atoms with Crippen LogP contribution in [0.5, 0.6) is 0 Å². The van der Waals surface area contributed by atoms with Crippen LogP contribution >= 0.6 is 0 Å². The van der Waals surface area contributed by atoms with E-state index in [4.69, 9.17) is 4.98 Å². The zero-order valence-electron chi connectivity index (χ0n) is 15.5. The van der Waals surface area contributed by atoms with Gasteiger partial charge in [-0.05, 0) is 63.4 Å². The quantitative estimate of drug-likeness (QED) is 0.797. The average Bonchev–Trinajstić information content (AvgIpc) is 2.57. The highest BCUT2D eigenvalue weighted by molar-refractivity contribution is 5.95. The molecule has 0 atom stereocenters. The van der Waals surface area contributed by atoms with Gasteiger partial charge in [-0.3, -0.25) is 4.79 Å². The van der Waals surface area contributed by atoms with E-state index in [-0.39, 0.29) is 11.8 Å². The first kappa shape index (κ1) is 18.2. The first-order chi connectivity index (χ1) is 11.5. The van der Waals surface area contributed by atoms with Gasteiger partial charge in [0.25, 0.3) is 0 Å². The number of amides is 1. The Kier molecular flexibility index (Phi) is 6.18. The number of carbonyl (C=O) groups excluding carboxylic acids is 1. The number of nitrogens with zero attached hydrogens (tertiary/aromatic N) is 2. The lowest BCUT2D eigenvalue weighted by molar-refractivity contribution is -0.120. The van der Waals surface area contributed by atoms with E-state index in [1.54, 1.807) is 0 Å². The summed E-state index contributed by atoms with van der Waals surface area (Å²) in [5.41, 5.74) is 3.00. The van der Waals surface area contributed by atoms with Gasteiger partial charge in [-0.1, -0.05) is 13.8 Å². The standard InChI is InChI=1S/C20H29N3O/c1-6-15(7-2)20(24)21-16-10-11-18-17(13-16)14(5)12-19(22-18)23(8-3)9-4/h10-13,15H,6-9H2,1-5H3,(H,21,24). The van der Waals surface area contributed by atoms with Crippen LogP contribution in [0.1, 0.15) is 46.1 Å². The number of nitrogens with one attached hydrogen (secondary N) is 1. The zero-order valence-corrected chi connectivity index (χ0v) is 15.5. The van der Waals surface area contributed by atoms with E-state index < -0.39 is 0 Å². The largest absolute Gasteiger partial charge is 0.357 e. The highest BCUT2D eigenvalue weighted by Crippen LogP contribution is 2.26. The van der Waals surface area contributed by atoms with E-state index in [0.717, 1.165) is 48.3 Å². The minimum Gasteiger partial charge on any atom is -0.357 e. The fourth-order valence-corrected chi connectivity index (χ4v) is 3.07. The van der Waals surface area contributed by atoms with Gasteiger partial charge in [0.2, 0.25) is 5.91 Å². The highest BCUT2D eigenvalue weighted by atomic mass is 16.1. The van der Waals surface area contributed by atoms with Crippen LogP contribution in [0, 0.1) is 12.8 Å². The monoisotopic (exact) mass is 327 g/mol. The first-order valence-electron chi connectivity index (χ1n) is 9.01. The van der Waals surface area contributed by atoms with Crippen LogP contribution in [-0.4, -0.2) is 24.0 Å². The average molecular weight is 327 g/mol. The Balaban J connectivity index is 2.33. The second-order valence-corrected chi connectivity index (χ2v) is 6.20. The van der Waals surface area contributed by atoms with Gasteiger partial charge in [-0.15, -0.1) is 0 Å². The minimum atomic E-state index is 0.0740. The normalized spacial score (nSPS) is 11.1. The molecular weight excluding hydrogens is 298 g/mol. The molecule has 0 aliphatic heterocycles. The van der Waals surface area contributed by atoms with Crippen molar-refractivity contribution in [3.05, 3.63) is 29.8 Å². The fraction of sp³-hybridized carbons (Fsp3) is 0.500. The molecule has 0 fully saturated rings. The van der Waals surface area contributed by atoms with Crippen molar-refractivity contribution in [1.29, 1.82) is 0 Å². The topological polar surface area (TPSA) is 45.2 Å². The molecule has 2 rings (SSSR count). The fourth-order valence-electron chi connectivity index (χ4n) is 3.07. The number of hydrogen-bond acceptors (Lipinski definition) is 3. The Morgan fingerprint density at radius 3 is 2.38 bits per heavy atom. The molecular formula is C20H29N3O. The van der Waals surface area contributed by atoms with Crippen molar-refractivity contribution < 1.29 is 4.79 Å². The van der Waals surface area contributed by atoms with Crippen LogP contribution in [0.25, 0.3) is 10.9 Å². The van der Waals surface area contributed by atoms with Crippen molar-refractivity contribution in [2.45, 2.75) is 47.5 Å². The Labute approximate surface area is 145 Å². The van der Waals surface area contributed by atoms with E-state index in [0.29, 0.717) is 0 Å². The minimum absolute atomic E-state index is 0.0740. The second kappa shape index (κ2) is 8.13. The van der Waals surface area contributed by atoms with Crippen LogP contribution in [0.4, 0.5) is 11.5 Å². The van der Waals surface area contributed by atoms with Gasteiger partial charge in [-0.2, -0.15) is 0 Å². The molecule has 1 aromatic carbocycles. The smallest absolute Gasteiger partial charge is 0.227 e. The molecule has 1 amide bonds. The maximum Gasteiger partial charge on any atom is 0.227 e. The van der Waals surface area contributed by atoms with E-state index in [9.17, 15) is 4.79 Å². The summed E-state index contributed by atoms with van der Waals surface area (Å²) in [6.45, 7) is 12.4. The molecule has 0 spiro atoms. The van der Waals surface area contributed by atoms with Crippen LogP contribution in [0.3, 0.4) is 0 Å². The molecule has 1 aromatic heterocycles. The van der Waals surface area contributed by atoms with Gasteiger partial charge in [-0.25, -0.2) is 4.98 Å². The molecule has 4 heteroatoms. The van der Waals surface area contributed by atoms with Crippen molar-refractivity contribution >= 4 is 28.3 Å². The van der Waals surface area contributed by atoms with Crippen LogP contribution in [0.15, 0.2) is 24.3 Å². The summed E-state index contributed by atoms with van der Waals surface area (Å²) >= 11 is 0. The maximum atomic E-state index is 12.3. The Hall–Kier alpha value is -2.10. The molecule has 4 nitrogen and oxygen atoms in total. The number of aromatic nitrogens is 1. The van der Waals surface area contributed by atoms with Crippen LogP contribution < -0.4 is 10.2 Å². The Morgan fingerprint density at radius 1 is 1.12 bits per heavy atom. The molecule has 2 aromatic rings. The number of rotatable bonds is 7. The van der Waals surface area contributed by atoms with Gasteiger partial charge in [0, 0.05) is 30.1 Å². The summed E-state index contributed by atoms with van der Waals surface area (Å²) in [7, 11) is 0. The SMILES string of the molecule is CCC(CC)C(=O)Nc1ccc2nc(N(CC)CC)cc(C)c2c1. The number of hydrogen-bond donors (Lipinski definition) is 1. The summed E-state index contributed by atoms with van der Waals surface area (Å²) < 4.78 is 0.